The van der Waals surface area contributed by atoms with Gasteiger partial charge in [0.2, 0.25) is 0 Å². The van der Waals surface area contributed by atoms with Crippen LogP contribution >= 0.6 is 0 Å². The van der Waals surface area contributed by atoms with Gasteiger partial charge in [-0.2, -0.15) is 0 Å². The van der Waals surface area contributed by atoms with Gasteiger partial charge in [-0.3, -0.25) is 0 Å². The Morgan fingerprint density at radius 3 is 2.47 bits per heavy atom. The highest BCUT2D eigenvalue weighted by Gasteiger charge is 2.22. The summed E-state index contributed by atoms with van der Waals surface area (Å²) >= 11 is 0. The van der Waals surface area contributed by atoms with E-state index in [1.165, 1.54) is 0 Å². The number of anilines is 1. The van der Waals surface area contributed by atoms with Crippen LogP contribution in [0.15, 0.2) is 17.3 Å². The molecule has 104 valence electrons. The molecular weight excluding hydrogens is 244 g/mol. The average molecular weight is 264 g/mol. The lowest BCUT2D eigenvalue weighted by atomic mass is 10.1. The summed E-state index contributed by atoms with van der Waals surface area (Å²) in [4.78, 5) is 13.0. The second-order valence-corrected chi connectivity index (χ2v) is 4.82. The van der Waals surface area contributed by atoms with Crippen LogP contribution < -0.4 is 9.64 Å². The Balaban J connectivity index is 2.24. The Morgan fingerprint density at radius 2 is 1.95 bits per heavy atom. The predicted molar refractivity (Wildman–Crippen MR) is 75.4 cm³/mol. The summed E-state index contributed by atoms with van der Waals surface area (Å²) in [6.07, 6.45) is 2.36. The Hall–Kier alpha value is -1.62. The highest BCUT2D eigenvalue weighted by atomic mass is 16.5. The van der Waals surface area contributed by atoms with Crippen LogP contribution in [0.25, 0.3) is 0 Å². The van der Waals surface area contributed by atoms with Gasteiger partial charge < -0.3 is 14.4 Å². The molecule has 1 aliphatic rings. The number of benzene rings is 1. The molecule has 0 bridgehead atoms. The van der Waals surface area contributed by atoms with Crippen LogP contribution in [0.1, 0.15) is 18.4 Å². The Morgan fingerprint density at radius 1 is 1.26 bits per heavy atom. The summed E-state index contributed by atoms with van der Waals surface area (Å²) < 4.78 is 10.8. The number of ether oxygens (including phenoxy) is 2. The number of aryl methyl sites for hydroxylation is 1. The number of hydrogen-bond acceptors (Lipinski definition) is 5. The molecule has 0 amide bonds. The van der Waals surface area contributed by atoms with Gasteiger partial charge in [0.25, 0.3) is 0 Å². The quantitative estimate of drug-likeness (QED) is 0.784. The molecule has 5 nitrogen and oxygen atoms in total. The lowest BCUT2D eigenvalue weighted by Gasteiger charge is -2.34. The van der Waals surface area contributed by atoms with Crippen LogP contribution in [0.4, 0.5) is 11.4 Å². The summed E-state index contributed by atoms with van der Waals surface area (Å²) in [6, 6.07) is 3.68. The third-order valence-corrected chi connectivity index (χ3v) is 3.71. The molecule has 1 aromatic carbocycles. The van der Waals surface area contributed by atoms with Crippen molar-refractivity contribution in [2.24, 2.45) is 5.18 Å². The van der Waals surface area contributed by atoms with Gasteiger partial charge >= 0.3 is 0 Å². The van der Waals surface area contributed by atoms with Crippen molar-refractivity contribution < 1.29 is 9.47 Å². The summed E-state index contributed by atoms with van der Waals surface area (Å²) in [6.45, 7) is 3.76. The fraction of sp³-hybridized carbons (Fsp3) is 0.571. The van der Waals surface area contributed by atoms with Gasteiger partial charge in [-0.05, 0) is 36.6 Å². The van der Waals surface area contributed by atoms with Gasteiger partial charge in [-0.15, -0.1) is 4.91 Å². The van der Waals surface area contributed by atoms with E-state index in [1.54, 1.807) is 20.3 Å². The molecule has 2 rings (SSSR count). The molecule has 0 atom stereocenters. The molecule has 0 radical (unpaired) electrons. The Kier molecular flexibility index (Phi) is 4.37. The minimum atomic E-state index is 0.347. The first-order valence-corrected chi connectivity index (χ1v) is 6.49. The fourth-order valence-electron chi connectivity index (χ4n) is 2.50. The van der Waals surface area contributed by atoms with E-state index < -0.39 is 0 Å². The first kappa shape index (κ1) is 13.8. The second kappa shape index (κ2) is 6.02. The van der Waals surface area contributed by atoms with Crippen molar-refractivity contribution in [1.82, 2.24) is 0 Å². The molecule has 0 unspecified atom stereocenters. The normalized spacial score (nSPS) is 16.5. The molecule has 5 heteroatoms. The lowest BCUT2D eigenvalue weighted by Crippen LogP contribution is -2.36. The molecule has 0 aromatic heterocycles. The molecule has 1 aromatic rings. The predicted octanol–water partition coefficient (Wildman–Crippen LogP) is 3.02. The fourth-order valence-corrected chi connectivity index (χ4v) is 2.50. The zero-order chi connectivity index (χ0) is 13.8. The molecular formula is C14H20N2O3. The highest BCUT2D eigenvalue weighted by Crippen LogP contribution is 2.36. The maximum absolute atomic E-state index is 10.7. The van der Waals surface area contributed by atoms with Gasteiger partial charge in [-0.25, -0.2) is 0 Å². The van der Waals surface area contributed by atoms with E-state index in [0.29, 0.717) is 17.5 Å². The Labute approximate surface area is 113 Å². The smallest absolute Gasteiger partial charge is 0.144 e. The topological polar surface area (TPSA) is 51.1 Å². The van der Waals surface area contributed by atoms with E-state index in [2.05, 4.69) is 10.1 Å². The third-order valence-electron chi connectivity index (χ3n) is 3.71. The van der Waals surface area contributed by atoms with Crippen molar-refractivity contribution in [2.75, 3.05) is 32.2 Å². The van der Waals surface area contributed by atoms with Gasteiger partial charge in [0.15, 0.2) is 0 Å². The standard InChI is InChI=1S/C14H20N2O3/c1-10-8-13(14(19-3)9-12(10)15-17)16-6-4-11(18-2)5-7-16/h8-9,11H,4-7H2,1-3H3. The van der Waals surface area contributed by atoms with E-state index in [-0.39, 0.29) is 0 Å². The summed E-state index contributed by atoms with van der Waals surface area (Å²) in [5, 5.41) is 3.02. The highest BCUT2D eigenvalue weighted by molar-refractivity contribution is 5.67. The van der Waals surface area contributed by atoms with Crippen LogP contribution in [0, 0.1) is 11.8 Å². The minimum absolute atomic E-state index is 0.347. The van der Waals surface area contributed by atoms with Crippen LogP contribution in [0.5, 0.6) is 5.75 Å². The summed E-state index contributed by atoms with van der Waals surface area (Å²) in [7, 11) is 3.38. The SMILES string of the molecule is COc1cc(N=O)c(C)cc1N1CCC(OC)CC1. The first-order chi connectivity index (χ1) is 9.19. The largest absolute Gasteiger partial charge is 0.495 e. The number of piperidine rings is 1. The number of nitroso groups, excluding NO2 is 1. The lowest BCUT2D eigenvalue weighted by molar-refractivity contribution is 0.0818. The zero-order valence-electron chi connectivity index (χ0n) is 11.7. The van der Waals surface area contributed by atoms with Crippen LogP contribution in [0.2, 0.25) is 0 Å². The van der Waals surface area contributed by atoms with Gasteiger partial charge in [0, 0.05) is 26.3 Å². The minimum Gasteiger partial charge on any atom is -0.495 e. The van der Waals surface area contributed by atoms with Gasteiger partial charge in [0.05, 0.1) is 18.9 Å². The van der Waals surface area contributed by atoms with Gasteiger partial charge in [-0.1, -0.05) is 0 Å². The van der Waals surface area contributed by atoms with Crippen LogP contribution in [0.3, 0.4) is 0 Å². The van der Waals surface area contributed by atoms with E-state index in [0.717, 1.165) is 37.2 Å². The molecule has 0 saturated carbocycles. The molecule has 1 aliphatic heterocycles. The number of methoxy groups -OCH3 is 2. The van der Waals surface area contributed by atoms with Crippen molar-refractivity contribution in [3.05, 3.63) is 22.6 Å². The van der Waals surface area contributed by atoms with Crippen LogP contribution in [-0.2, 0) is 4.74 Å². The number of hydrogen-bond donors (Lipinski definition) is 0. The van der Waals surface area contributed by atoms with Gasteiger partial charge in [0.1, 0.15) is 11.4 Å². The summed E-state index contributed by atoms with van der Waals surface area (Å²) in [5.74, 6) is 0.705. The third kappa shape index (κ3) is 2.87. The molecule has 1 saturated heterocycles. The molecule has 1 fully saturated rings. The van der Waals surface area contributed by atoms with E-state index >= 15 is 0 Å². The first-order valence-electron chi connectivity index (χ1n) is 6.49. The molecule has 0 spiro atoms. The van der Waals surface area contributed by atoms with Crippen LogP contribution in [-0.4, -0.2) is 33.4 Å². The number of rotatable bonds is 4. The van der Waals surface area contributed by atoms with E-state index in [9.17, 15) is 4.91 Å². The zero-order valence-corrected chi connectivity index (χ0v) is 11.7. The Bertz CT molecular complexity index is 454. The van der Waals surface area contributed by atoms with Crippen molar-refractivity contribution >= 4 is 11.4 Å². The summed E-state index contributed by atoms with van der Waals surface area (Å²) in [5.41, 5.74) is 2.34. The van der Waals surface area contributed by atoms with E-state index in [1.807, 2.05) is 13.0 Å². The second-order valence-electron chi connectivity index (χ2n) is 4.82. The average Bonchev–Trinajstić information content (AvgIpc) is 2.47. The maximum Gasteiger partial charge on any atom is 0.144 e. The molecule has 0 N–H and O–H groups in total. The van der Waals surface area contributed by atoms with Crippen molar-refractivity contribution in [3.63, 3.8) is 0 Å². The molecule has 0 aliphatic carbocycles. The van der Waals surface area contributed by atoms with Crippen molar-refractivity contribution in [3.8, 4) is 5.75 Å². The maximum atomic E-state index is 10.7. The monoisotopic (exact) mass is 264 g/mol. The van der Waals surface area contributed by atoms with Crippen molar-refractivity contribution in [2.45, 2.75) is 25.9 Å². The number of nitrogens with zero attached hydrogens (tertiary/aromatic N) is 2. The molecule has 19 heavy (non-hydrogen) atoms. The molecule has 1 heterocycles. The van der Waals surface area contributed by atoms with E-state index in [4.69, 9.17) is 9.47 Å². The van der Waals surface area contributed by atoms with Crippen molar-refractivity contribution in [1.29, 1.82) is 0 Å².